The summed E-state index contributed by atoms with van der Waals surface area (Å²) in [6.45, 7) is 1.71. The maximum absolute atomic E-state index is 14.1. The molecule has 0 aromatic heterocycles. The third-order valence-electron chi connectivity index (χ3n) is 3.25. The average molecular weight is 312 g/mol. The van der Waals surface area contributed by atoms with E-state index in [2.05, 4.69) is 5.32 Å². The van der Waals surface area contributed by atoms with Crippen molar-refractivity contribution in [1.29, 1.82) is 0 Å². The van der Waals surface area contributed by atoms with Gasteiger partial charge in [-0.2, -0.15) is 0 Å². The summed E-state index contributed by atoms with van der Waals surface area (Å²) in [4.78, 5) is 0. The lowest BCUT2D eigenvalue weighted by atomic mass is 10.0. The van der Waals surface area contributed by atoms with E-state index in [9.17, 15) is 8.78 Å². The van der Waals surface area contributed by atoms with Gasteiger partial charge in [0.05, 0.1) is 6.04 Å². The van der Waals surface area contributed by atoms with Crippen LogP contribution in [-0.2, 0) is 0 Å². The van der Waals surface area contributed by atoms with Gasteiger partial charge in [0, 0.05) is 10.6 Å². The Balaban J connectivity index is 2.17. The van der Waals surface area contributed by atoms with Crippen LogP contribution in [0.2, 0.25) is 5.02 Å². The number of likely N-dealkylation sites (N-methyl/N-ethyl adjacent to an activating group) is 1. The van der Waals surface area contributed by atoms with E-state index in [1.165, 1.54) is 12.1 Å². The van der Waals surface area contributed by atoms with Gasteiger partial charge in [0.15, 0.2) is 0 Å². The van der Waals surface area contributed by atoms with E-state index in [0.717, 1.165) is 0 Å². The Labute approximate surface area is 127 Å². The van der Waals surface area contributed by atoms with Crippen molar-refractivity contribution in [2.45, 2.75) is 13.0 Å². The molecule has 0 spiro atoms. The van der Waals surface area contributed by atoms with E-state index in [1.54, 1.807) is 38.2 Å². The molecular weight excluding hydrogens is 296 g/mol. The number of benzene rings is 2. The maximum Gasteiger partial charge on any atom is 0.133 e. The molecule has 5 heteroatoms. The Kier molecular flexibility index (Phi) is 5.15. The fraction of sp³-hybridized carbons (Fsp3) is 0.250. The largest absolute Gasteiger partial charge is 0.492 e. The zero-order valence-corrected chi connectivity index (χ0v) is 12.5. The number of aryl methyl sites for hydroxylation is 1. The van der Waals surface area contributed by atoms with Gasteiger partial charge in [0.1, 0.15) is 24.0 Å². The molecule has 1 atom stereocenters. The average Bonchev–Trinajstić information content (AvgIpc) is 2.48. The van der Waals surface area contributed by atoms with Crippen LogP contribution in [0.1, 0.15) is 17.2 Å². The number of nitrogens with one attached hydrogen (secondary N) is 1. The van der Waals surface area contributed by atoms with Gasteiger partial charge in [-0.05, 0) is 49.9 Å². The van der Waals surface area contributed by atoms with Crippen LogP contribution in [-0.4, -0.2) is 13.7 Å². The summed E-state index contributed by atoms with van der Waals surface area (Å²) in [6.07, 6.45) is 0. The van der Waals surface area contributed by atoms with Gasteiger partial charge in [-0.15, -0.1) is 0 Å². The van der Waals surface area contributed by atoms with Gasteiger partial charge < -0.3 is 10.1 Å². The Morgan fingerprint density at radius 1 is 1.14 bits per heavy atom. The number of halogens is 3. The quantitative estimate of drug-likeness (QED) is 0.890. The second-order valence-electron chi connectivity index (χ2n) is 4.70. The third-order valence-corrected chi connectivity index (χ3v) is 3.50. The van der Waals surface area contributed by atoms with E-state index in [-0.39, 0.29) is 12.2 Å². The van der Waals surface area contributed by atoms with Gasteiger partial charge in [-0.1, -0.05) is 17.7 Å². The first-order valence-corrected chi connectivity index (χ1v) is 6.91. The highest BCUT2D eigenvalue weighted by molar-refractivity contribution is 6.30. The summed E-state index contributed by atoms with van der Waals surface area (Å²) in [5.74, 6) is -0.542. The molecule has 0 aliphatic heterocycles. The highest BCUT2D eigenvalue weighted by Crippen LogP contribution is 2.24. The van der Waals surface area contributed by atoms with Crippen LogP contribution in [0.15, 0.2) is 36.4 Å². The van der Waals surface area contributed by atoms with Crippen LogP contribution in [0, 0.1) is 18.6 Å². The lowest BCUT2D eigenvalue weighted by molar-refractivity contribution is 0.266. The van der Waals surface area contributed by atoms with Gasteiger partial charge in [0.25, 0.3) is 0 Å². The summed E-state index contributed by atoms with van der Waals surface area (Å²) in [7, 11) is 1.64. The molecule has 0 bridgehead atoms. The first-order chi connectivity index (χ1) is 10.0. The predicted molar refractivity (Wildman–Crippen MR) is 79.8 cm³/mol. The Morgan fingerprint density at radius 2 is 1.81 bits per heavy atom. The van der Waals surface area contributed by atoms with Crippen molar-refractivity contribution >= 4 is 11.6 Å². The molecule has 0 amide bonds. The summed E-state index contributed by atoms with van der Waals surface area (Å²) in [5, 5.41) is 3.48. The number of hydrogen-bond acceptors (Lipinski definition) is 2. The summed E-state index contributed by atoms with van der Waals surface area (Å²) < 4.78 is 33.6. The number of rotatable bonds is 5. The zero-order valence-electron chi connectivity index (χ0n) is 11.8. The summed E-state index contributed by atoms with van der Waals surface area (Å²) in [5.41, 5.74) is 0.393. The minimum atomic E-state index is -0.586. The standard InChI is InChI=1S/C16H16ClF2NO/c1-10-3-8-13(18)15(16(10)19)14(20-2)9-21-12-6-4-11(17)5-7-12/h3-8,14,20H,9H2,1-2H3. The normalized spacial score (nSPS) is 12.2. The van der Waals surface area contributed by atoms with Crippen molar-refractivity contribution in [3.63, 3.8) is 0 Å². The van der Waals surface area contributed by atoms with E-state index >= 15 is 0 Å². The van der Waals surface area contributed by atoms with Gasteiger partial charge in [-0.3, -0.25) is 0 Å². The van der Waals surface area contributed by atoms with Crippen molar-refractivity contribution in [2.24, 2.45) is 0 Å². The molecule has 2 aromatic rings. The minimum Gasteiger partial charge on any atom is -0.492 e. The Hall–Kier alpha value is -1.65. The molecule has 0 fully saturated rings. The smallest absolute Gasteiger partial charge is 0.133 e. The molecule has 0 aliphatic rings. The van der Waals surface area contributed by atoms with Crippen molar-refractivity contribution < 1.29 is 13.5 Å². The number of hydrogen-bond donors (Lipinski definition) is 1. The van der Waals surface area contributed by atoms with E-state index < -0.39 is 17.7 Å². The summed E-state index contributed by atoms with van der Waals surface area (Å²) in [6, 6.07) is 8.90. The molecule has 1 N–H and O–H groups in total. The van der Waals surface area contributed by atoms with E-state index in [4.69, 9.17) is 16.3 Å². The second kappa shape index (κ2) is 6.87. The van der Waals surface area contributed by atoms with Gasteiger partial charge in [-0.25, -0.2) is 8.78 Å². The molecule has 0 heterocycles. The van der Waals surface area contributed by atoms with Crippen LogP contribution in [0.3, 0.4) is 0 Å². The molecule has 0 aliphatic carbocycles. The second-order valence-corrected chi connectivity index (χ2v) is 5.13. The monoisotopic (exact) mass is 311 g/mol. The molecular formula is C16H16ClF2NO. The van der Waals surface area contributed by atoms with Crippen LogP contribution in [0.25, 0.3) is 0 Å². The molecule has 0 radical (unpaired) electrons. The number of ether oxygens (including phenoxy) is 1. The molecule has 1 unspecified atom stereocenters. The predicted octanol–water partition coefficient (Wildman–Crippen LogP) is 4.27. The molecule has 0 saturated heterocycles. The SMILES string of the molecule is CNC(COc1ccc(Cl)cc1)c1c(F)ccc(C)c1F. The summed E-state index contributed by atoms with van der Waals surface area (Å²) >= 11 is 5.79. The minimum absolute atomic E-state index is 0.00790. The van der Waals surface area contributed by atoms with Crippen LogP contribution < -0.4 is 10.1 Å². The highest BCUT2D eigenvalue weighted by Gasteiger charge is 2.21. The van der Waals surface area contributed by atoms with E-state index in [1.807, 2.05) is 0 Å². The molecule has 0 saturated carbocycles. The highest BCUT2D eigenvalue weighted by atomic mass is 35.5. The molecule has 2 nitrogen and oxygen atoms in total. The fourth-order valence-corrected chi connectivity index (χ4v) is 2.15. The third kappa shape index (κ3) is 3.71. The first kappa shape index (κ1) is 15.7. The molecule has 2 rings (SSSR count). The van der Waals surface area contributed by atoms with E-state index in [0.29, 0.717) is 16.3 Å². The maximum atomic E-state index is 14.1. The van der Waals surface area contributed by atoms with Crippen LogP contribution in [0.5, 0.6) is 5.75 Å². The van der Waals surface area contributed by atoms with Crippen LogP contribution in [0.4, 0.5) is 8.78 Å². The van der Waals surface area contributed by atoms with Gasteiger partial charge in [0.2, 0.25) is 0 Å². The van der Waals surface area contributed by atoms with Crippen molar-refractivity contribution in [1.82, 2.24) is 5.32 Å². The molecule has 21 heavy (non-hydrogen) atoms. The Morgan fingerprint density at radius 3 is 2.43 bits per heavy atom. The van der Waals surface area contributed by atoms with Crippen LogP contribution >= 0.6 is 11.6 Å². The Bertz CT molecular complexity index is 616. The fourth-order valence-electron chi connectivity index (χ4n) is 2.02. The van der Waals surface area contributed by atoms with Crippen molar-refractivity contribution in [2.75, 3.05) is 13.7 Å². The molecule has 2 aromatic carbocycles. The molecule has 112 valence electrons. The first-order valence-electron chi connectivity index (χ1n) is 6.53. The lowest BCUT2D eigenvalue weighted by Crippen LogP contribution is -2.25. The van der Waals surface area contributed by atoms with Crippen molar-refractivity contribution in [3.8, 4) is 5.75 Å². The van der Waals surface area contributed by atoms with Crippen molar-refractivity contribution in [3.05, 3.63) is 64.2 Å². The van der Waals surface area contributed by atoms with Gasteiger partial charge >= 0.3 is 0 Å². The topological polar surface area (TPSA) is 21.3 Å². The zero-order chi connectivity index (χ0) is 15.4. The lowest BCUT2D eigenvalue weighted by Gasteiger charge is -2.19.